The van der Waals surface area contributed by atoms with E-state index in [4.69, 9.17) is 0 Å². The molecule has 1 aromatic carbocycles. The van der Waals surface area contributed by atoms with Gasteiger partial charge in [0.05, 0.1) is 11.3 Å². The lowest BCUT2D eigenvalue weighted by atomic mass is 9.95. The molecule has 0 amide bonds. The van der Waals surface area contributed by atoms with Gasteiger partial charge in [-0.3, -0.25) is 9.59 Å². The minimum atomic E-state index is -0.0986. The fraction of sp³-hybridized carbons (Fsp3) is 0.263. The highest BCUT2D eigenvalue weighted by Crippen LogP contribution is 2.31. The highest BCUT2D eigenvalue weighted by Gasteiger charge is 2.23. The Hall–Kier alpha value is -2.42. The molecule has 0 aliphatic heterocycles. The molecule has 2 aromatic rings. The molecule has 22 heavy (non-hydrogen) atoms. The first-order valence-corrected chi connectivity index (χ1v) is 7.54. The van der Waals surface area contributed by atoms with Gasteiger partial charge >= 0.3 is 0 Å². The fourth-order valence-corrected chi connectivity index (χ4v) is 2.55. The van der Waals surface area contributed by atoms with E-state index < -0.39 is 0 Å². The summed E-state index contributed by atoms with van der Waals surface area (Å²) in [5, 5.41) is 0. The van der Waals surface area contributed by atoms with Crippen molar-refractivity contribution < 1.29 is 9.59 Å². The van der Waals surface area contributed by atoms with Gasteiger partial charge in [0.1, 0.15) is 6.29 Å². The Balaban J connectivity index is 2.73. The largest absolute Gasteiger partial charge is 0.347 e. The van der Waals surface area contributed by atoms with Crippen LogP contribution in [0.25, 0.3) is 17.3 Å². The first kappa shape index (κ1) is 16.0. The van der Waals surface area contributed by atoms with Crippen LogP contribution < -0.4 is 0 Å². The number of benzene rings is 1. The monoisotopic (exact) mass is 295 g/mol. The molecule has 1 heterocycles. The summed E-state index contributed by atoms with van der Waals surface area (Å²) in [5.74, 6) is -0.00449. The second-order valence-electron chi connectivity index (χ2n) is 5.47. The third-order valence-electron chi connectivity index (χ3n) is 3.62. The van der Waals surface area contributed by atoms with E-state index in [1.807, 2.05) is 57.3 Å². The third-order valence-corrected chi connectivity index (χ3v) is 3.62. The lowest BCUT2D eigenvalue weighted by Crippen LogP contribution is -2.10. The first-order valence-electron chi connectivity index (χ1n) is 7.54. The highest BCUT2D eigenvalue weighted by atomic mass is 16.1. The maximum absolute atomic E-state index is 12.7. The van der Waals surface area contributed by atoms with E-state index in [2.05, 4.69) is 4.57 Å². The Kier molecular flexibility index (Phi) is 5.10. The van der Waals surface area contributed by atoms with Gasteiger partial charge in [0.25, 0.3) is 0 Å². The van der Waals surface area contributed by atoms with Crippen LogP contribution in [-0.4, -0.2) is 16.6 Å². The second-order valence-corrected chi connectivity index (χ2v) is 5.47. The molecule has 0 saturated carbocycles. The number of aromatic nitrogens is 1. The van der Waals surface area contributed by atoms with E-state index in [1.165, 1.54) is 6.08 Å². The quantitative estimate of drug-likeness (QED) is 0.454. The number of nitrogens with zero attached hydrogens (tertiary/aromatic N) is 1. The van der Waals surface area contributed by atoms with Crippen molar-refractivity contribution in [1.82, 2.24) is 4.57 Å². The number of hydrogen-bond acceptors (Lipinski definition) is 2. The van der Waals surface area contributed by atoms with Crippen LogP contribution >= 0.6 is 0 Å². The number of allylic oxidation sites excluding steroid dienone is 1. The van der Waals surface area contributed by atoms with Crippen molar-refractivity contribution in [3.05, 3.63) is 53.7 Å². The van der Waals surface area contributed by atoms with Crippen molar-refractivity contribution >= 4 is 18.1 Å². The van der Waals surface area contributed by atoms with Gasteiger partial charge in [-0.05, 0) is 24.6 Å². The Morgan fingerprint density at radius 3 is 2.45 bits per heavy atom. The summed E-state index contributed by atoms with van der Waals surface area (Å²) in [6.07, 6.45) is 5.81. The van der Waals surface area contributed by atoms with Crippen LogP contribution in [0.5, 0.6) is 0 Å². The molecule has 0 aliphatic rings. The topological polar surface area (TPSA) is 39.1 Å². The predicted molar refractivity (Wildman–Crippen MR) is 89.8 cm³/mol. The van der Waals surface area contributed by atoms with Crippen molar-refractivity contribution in [3.63, 3.8) is 0 Å². The predicted octanol–water partition coefficient (Wildman–Crippen LogP) is 4.23. The molecule has 0 aliphatic carbocycles. The summed E-state index contributed by atoms with van der Waals surface area (Å²) in [7, 11) is 0. The molecule has 2 rings (SSSR count). The molecule has 3 heteroatoms. The summed E-state index contributed by atoms with van der Waals surface area (Å²) < 4.78 is 2.06. The molecule has 0 atom stereocenters. The lowest BCUT2D eigenvalue weighted by Gasteiger charge is -2.11. The van der Waals surface area contributed by atoms with E-state index in [1.54, 1.807) is 6.08 Å². The van der Waals surface area contributed by atoms with Gasteiger partial charge in [0, 0.05) is 24.2 Å². The van der Waals surface area contributed by atoms with Crippen molar-refractivity contribution in [1.29, 1.82) is 0 Å². The number of aryl methyl sites for hydroxylation is 1. The Morgan fingerprint density at radius 2 is 1.91 bits per heavy atom. The fourth-order valence-electron chi connectivity index (χ4n) is 2.55. The average molecular weight is 295 g/mol. The van der Waals surface area contributed by atoms with Gasteiger partial charge in [-0.1, -0.05) is 44.2 Å². The molecule has 0 unspecified atom stereocenters. The number of hydrogen-bond donors (Lipinski definition) is 0. The molecule has 0 N–H and O–H groups in total. The standard InChI is InChI=1S/C19H21NO2/c1-4-20-13-16(11-8-12-21)17(19(22)14(2)3)18(20)15-9-6-5-7-10-15/h5-14H,4H2,1-3H3/b11-8+. The zero-order valence-electron chi connectivity index (χ0n) is 13.2. The molecule has 0 saturated heterocycles. The van der Waals surface area contributed by atoms with Crippen molar-refractivity contribution in [2.75, 3.05) is 0 Å². The SMILES string of the molecule is CCn1cc(/C=C/C=O)c(C(=O)C(C)C)c1-c1ccccc1. The highest BCUT2D eigenvalue weighted by molar-refractivity contribution is 6.06. The Labute approximate surface area is 131 Å². The molecule has 3 nitrogen and oxygen atoms in total. The molecule has 0 bridgehead atoms. The summed E-state index contributed by atoms with van der Waals surface area (Å²) in [4.78, 5) is 23.4. The first-order chi connectivity index (χ1) is 10.6. The van der Waals surface area contributed by atoms with Crippen molar-refractivity contribution in [2.45, 2.75) is 27.3 Å². The average Bonchev–Trinajstić information content (AvgIpc) is 2.91. The summed E-state index contributed by atoms with van der Waals surface area (Å²) >= 11 is 0. The van der Waals surface area contributed by atoms with Crippen LogP contribution in [0, 0.1) is 5.92 Å². The smallest absolute Gasteiger partial charge is 0.168 e. The second kappa shape index (κ2) is 7.03. The van der Waals surface area contributed by atoms with Gasteiger partial charge in [-0.2, -0.15) is 0 Å². The van der Waals surface area contributed by atoms with Gasteiger partial charge in [0.15, 0.2) is 5.78 Å². The van der Waals surface area contributed by atoms with Gasteiger partial charge < -0.3 is 4.57 Å². The van der Waals surface area contributed by atoms with Crippen molar-refractivity contribution in [3.8, 4) is 11.3 Å². The van der Waals surface area contributed by atoms with Gasteiger partial charge in [-0.15, -0.1) is 0 Å². The Bertz CT molecular complexity index is 694. The number of aldehydes is 1. The molecular formula is C19H21NO2. The Morgan fingerprint density at radius 1 is 1.23 bits per heavy atom. The number of Topliss-reactive ketones (excluding diaryl/α,β-unsaturated/α-hetero) is 1. The number of rotatable bonds is 6. The van der Waals surface area contributed by atoms with Crippen LogP contribution in [0.2, 0.25) is 0 Å². The van der Waals surface area contributed by atoms with Gasteiger partial charge in [-0.25, -0.2) is 0 Å². The molecule has 0 fully saturated rings. The van der Waals surface area contributed by atoms with Crippen LogP contribution in [0.15, 0.2) is 42.6 Å². The summed E-state index contributed by atoms with van der Waals surface area (Å²) in [6, 6.07) is 9.90. The molecule has 1 aromatic heterocycles. The molecule has 0 radical (unpaired) electrons. The normalized spacial score (nSPS) is 11.3. The lowest BCUT2D eigenvalue weighted by molar-refractivity contribution is -0.104. The number of carbonyl (C=O) groups is 2. The van der Waals surface area contributed by atoms with Crippen LogP contribution in [0.4, 0.5) is 0 Å². The zero-order valence-corrected chi connectivity index (χ0v) is 13.2. The third kappa shape index (κ3) is 3.08. The van der Waals surface area contributed by atoms with Crippen LogP contribution in [-0.2, 0) is 11.3 Å². The van der Waals surface area contributed by atoms with E-state index in [9.17, 15) is 9.59 Å². The van der Waals surface area contributed by atoms with Crippen molar-refractivity contribution in [2.24, 2.45) is 5.92 Å². The van der Waals surface area contributed by atoms with Crippen LogP contribution in [0.3, 0.4) is 0 Å². The molecule has 114 valence electrons. The minimum absolute atomic E-state index is 0.0941. The van der Waals surface area contributed by atoms with E-state index >= 15 is 0 Å². The zero-order chi connectivity index (χ0) is 16.1. The van der Waals surface area contributed by atoms with E-state index in [0.29, 0.717) is 5.56 Å². The summed E-state index contributed by atoms with van der Waals surface area (Å²) in [5.41, 5.74) is 3.43. The number of ketones is 1. The van der Waals surface area contributed by atoms with E-state index in [-0.39, 0.29) is 11.7 Å². The summed E-state index contributed by atoms with van der Waals surface area (Å²) in [6.45, 7) is 6.60. The minimum Gasteiger partial charge on any atom is -0.347 e. The maximum atomic E-state index is 12.7. The maximum Gasteiger partial charge on any atom is 0.168 e. The van der Waals surface area contributed by atoms with Gasteiger partial charge in [0.2, 0.25) is 0 Å². The molecular weight excluding hydrogens is 274 g/mol. The number of carbonyl (C=O) groups excluding carboxylic acids is 2. The molecule has 0 spiro atoms. The van der Waals surface area contributed by atoms with E-state index in [0.717, 1.165) is 29.7 Å². The van der Waals surface area contributed by atoms with Crippen LogP contribution in [0.1, 0.15) is 36.7 Å².